The molecule has 14 heavy (non-hydrogen) atoms. The van der Waals surface area contributed by atoms with E-state index in [4.69, 9.17) is 12.2 Å². The Morgan fingerprint density at radius 1 is 1.50 bits per heavy atom. The Balaban J connectivity index is 2.91. The van der Waals surface area contributed by atoms with E-state index in [-0.39, 0.29) is 0 Å². The van der Waals surface area contributed by atoms with Crippen molar-refractivity contribution in [2.45, 2.75) is 26.8 Å². The highest BCUT2D eigenvalue weighted by atomic mass is 32.1. The third kappa shape index (κ3) is 1.26. The summed E-state index contributed by atoms with van der Waals surface area (Å²) in [5.74, 6) is 0. The number of aryl methyl sites for hydroxylation is 1. The molecule has 0 unspecified atom stereocenters. The van der Waals surface area contributed by atoms with Crippen LogP contribution in [0.15, 0.2) is 12.3 Å². The van der Waals surface area contributed by atoms with Crippen molar-refractivity contribution in [2.75, 3.05) is 0 Å². The van der Waals surface area contributed by atoms with Crippen LogP contribution in [0.25, 0.3) is 11.2 Å². The fraction of sp³-hybridized carbons (Fsp3) is 0.400. The van der Waals surface area contributed by atoms with Gasteiger partial charge in [0.2, 0.25) is 0 Å². The molecule has 2 aromatic heterocycles. The molecule has 0 aliphatic rings. The second-order valence-corrected chi connectivity index (χ2v) is 4.11. The van der Waals surface area contributed by atoms with Crippen molar-refractivity contribution >= 4 is 23.4 Å². The highest BCUT2D eigenvalue weighted by Crippen LogP contribution is 2.18. The Labute approximate surface area is 87.8 Å². The quantitative estimate of drug-likeness (QED) is 0.729. The molecule has 4 heteroatoms. The summed E-state index contributed by atoms with van der Waals surface area (Å²) in [5, 5.41) is 0. The monoisotopic (exact) mass is 207 g/mol. The minimum absolute atomic E-state index is 0.338. The van der Waals surface area contributed by atoms with Crippen LogP contribution in [-0.4, -0.2) is 14.5 Å². The molecule has 0 amide bonds. The summed E-state index contributed by atoms with van der Waals surface area (Å²) in [6.07, 6.45) is 1.82. The van der Waals surface area contributed by atoms with E-state index < -0.39 is 0 Å². The fourth-order valence-corrected chi connectivity index (χ4v) is 2.02. The molecule has 1 N–H and O–H groups in total. The average Bonchev–Trinajstić information content (AvgIpc) is 2.42. The number of H-pyrrole nitrogens is 1. The number of nitrogens with one attached hydrogen (secondary N) is 1. The van der Waals surface area contributed by atoms with Gasteiger partial charge in [-0.15, -0.1) is 0 Å². The lowest BCUT2D eigenvalue weighted by Crippen LogP contribution is -2.01. The van der Waals surface area contributed by atoms with E-state index >= 15 is 0 Å². The normalized spacial score (nSPS) is 11.4. The topological polar surface area (TPSA) is 33.6 Å². The van der Waals surface area contributed by atoms with Crippen molar-refractivity contribution in [3.05, 3.63) is 22.6 Å². The smallest absolute Gasteiger partial charge is 0.179 e. The number of hydrogen-bond donors (Lipinski definition) is 1. The molecule has 2 rings (SSSR count). The summed E-state index contributed by atoms with van der Waals surface area (Å²) in [7, 11) is 0. The minimum Gasteiger partial charge on any atom is -0.329 e. The van der Waals surface area contributed by atoms with Crippen LogP contribution in [0.5, 0.6) is 0 Å². The maximum absolute atomic E-state index is 5.26. The Kier molecular flexibility index (Phi) is 2.15. The lowest BCUT2D eigenvalue weighted by molar-refractivity contribution is 0.605. The third-order valence-electron chi connectivity index (χ3n) is 2.33. The van der Waals surface area contributed by atoms with Gasteiger partial charge in [-0.05, 0) is 44.6 Å². The second-order valence-electron chi connectivity index (χ2n) is 3.72. The van der Waals surface area contributed by atoms with E-state index in [0.29, 0.717) is 6.04 Å². The van der Waals surface area contributed by atoms with Gasteiger partial charge in [0.25, 0.3) is 0 Å². The maximum atomic E-state index is 5.26. The number of nitrogens with zero attached hydrogens (tertiary/aromatic N) is 2. The van der Waals surface area contributed by atoms with Crippen LogP contribution in [0.3, 0.4) is 0 Å². The molecule has 2 heterocycles. The lowest BCUT2D eigenvalue weighted by Gasteiger charge is -2.06. The molecule has 0 saturated carbocycles. The first kappa shape index (κ1) is 9.40. The van der Waals surface area contributed by atoms with Gasteiger partial charge in [0.1, 0.15) is 0 Å². The molecule has 74 valence electrons. The Hall–Kier alpha value is -1.16. The van der Waals surface area contributed by atoms with E-state index in [2.05, 4.69) is 30.7 Å². The molecular formula is C10H13N3S. The second kappa shape index (κ2) is 3.20. The van der Waals surface area contributed by atoms with Gasteiger partial charge < -0.3 is 4.98 Å². The molecule has 0 aromatic carbocycles. The van der Waals surface area contributed by atoms with Crippen molar-refractivity contribution in [1.82, 2.24) is 14.5 Å². The zero-order valence-corrected chi connectivity index (χ0v) is 9.35. The van der Waals surface area contributed by atoms with Crippen molar-refractivity contribution < 1.29 is 0 Å². The molecule has 0 bridgehead atoms. The number of imidazole rings is 1. The summed E-state index contributed by atoms with van der Waals surface area (Å²) >= 11 is 5.26. The van der Waals surface area contributed by atoms with Crippen LogP contribution in [0, 0.1) is 11.7 Å². The van der Waals surface area contributed by atoms with Crippen molar-refractivity contribution in [3.8, 4) is 0 Å². The minimum atomic E-state index is 0.338. The molecule has 2 aromatic rings. The van der Waals surface area contributed by atoms with Gasteiger partial charge in [0.15, 0.2) is 10.4 Å². The van der Waals surface area contributed by atoms with E-state index in [0.717, 1.165) is 15.9 Å². The molecule has 0 aliphatic heterocycles. The van der Waals surface area contributed by atoms with Crippen molar-refractivity contribution in [3.63, 3.8) is 0 Å². The number of fused-ring (bicyclic) bond motifs is 1. The highest BCUT2D eigenvalue weighted by Gasteiger charge is 2.09. The summed E-state index contributed by atoms with van der Waals surface area (Å²) in [5.41, 5.74) is 3.18. The number of pyridine rings is 1. The first-order valence-electron chi connectivity index (χ1n) is 4.67. The Morgan fingerprint density at radius 2 is 2.21 bits per heavy atom. The largest absolute Gasteiger partial charge is 0.329 e. The van der Waals surface area contributed by atoms with Gasteiger partial charge in [0.05, 0.1) is 5.52 Å². The average molecular weight is 207 g/mol. The summed E-state index contributed by atoms with van der Waals surface area (Å²) < 4.78 is 2.79. The number of aromatic amines is 1. The van der Waals surface area contributed by atoms with E-state index in [9.17, 15) is 0 Å². The van der Waals surface area contributed by atoms with Crippen molar-refractivity contribution in [1.29, 1.82) is 0 Å². The number of rotatable bonds is 1. The van der Waals surface area contributed by atoms with Gasteiger partial charge in [-0.1, -0.05) is 0 Å². The summed E-state index contributed by atoms with van der Waals surface area (Å²) in [4.78, 5) is 7.54. The predicted octanol–water partition coefficient (Wildman–Crippen LogP) is 2.98. The molecule has 3 nitrogen and oxygen atoms in total. The predicted molar refractivity (Wildman–Crippen MR) is 60.0 cm³/mol. The lowest BCUT2D eigenvalue weighted by atomic mass is 10.3. The SMILES string of the molecule is Cc1ccnc2c1[nH]c(=S)n2C(C)C. The Bertz CT molecular complexity index is 522. The standard InChI is InChI=1S/C10H13N3S/c1-6(2)13-9-8(12-10(13)14)7(3)4-5-11-9/h4-6H,1-3H3,(H,12,14). The van der Waals surface area contributed by atoms with Crippen LogP contribution in [0.4, 0.5) is 0 Å². The van der Waals surface area contributed by atoms with Gasteiger partial charge in [-0.25, -0.2) is 4.98 Å². The first-order valence-corrected chi connectivity index (χ1v) is 5.08. The van der Waals surface area contributed by atoms with Crippen LogP contribution in [0.2, 0.25) is 0 Å². The molecular weight excluding hydrogens is 194 g/mol. The zero-order valence-electron chi connectivity index (χ0n) is 8.53. The van der Waals surface area contributed by atoms with Crippen molar-refractivity contribution in [2.24, 2.45) is 0 Å². The molecule has 0 spiro atoms. The third-order valence-corrected chi connectivity index (χ3v) is 2.63. The molecule has 0 radical (unpaired) electrons. The zero-order chi connectivity index (χ0) is 10.3. The molecule has 0 saturated heterocycles. The van der Waals surface area contributed by atoms with Crippen LogP contribution in [-0.2, 0) is 0 Å². The van der Waals surface area contributed by atoms with Gasteiger partial charge >= 0.3 is 0 Å². The molecule has 0 aliphatic carbocycles. The Morgan fingerprint density at radius 3 is 2.86 bits per heavy atom. The highest BCUT2D eigenvalue weighted by molar-refractivity contribution is 7.71. The number of aromatic nitrogens is 3. The van der Waals surface area contributed by atoms with Crippen LogP contribution in [0.1, 0.15) is 25.5 Å². The molecule has 0 atom stereocenters. The molecule has 0 fully saturated rings. The van der Waals surface area contributed by atoms with E-state index in [1.165, 1.54) is 5.56 Å². The maximum Gasteiger partial charge on any atom is 0.179 e. The van der Waals surface area contributed by atoms with Crippen LogP contribution < -0.4 is 0 Å². The van der Waals surface area contributed by atoms with Gasteiger partial charge in [-0.2, -0.15) is 0 Å². The summed E-state index contributed by atoms with van der Waals surface area (Å²) in [6, 6.07) is 2.32. The van der Waals surface area contributed by atoms with Crippen LogP contribution >= 0.6 is 12.2 Å². The fourth-order valence-electron chi connectivity index (χ4n) is 1.62. The van der Waals surface area contributed by atoms with E-state index in [1.807, 2.05) is 16.8 Å². The summed E-state index contributed by atoms with van der Waals surface area (Å²) in [6.45, 7) is 6.26. The number of hydrogen-bond acceptors (Lipinski definition) is 2. The first-order chi connectivity index (χ1) is 6.61. The van der Waals surface area contributed by atoms with Gasteiger partial charge in [-0.3, -0.25) is 4.57 Å². The van der Waals surface area contributed by atoms with Gasteiger partial charge in [0, 0.05) is 12.2 Å². The van der Waals surface area contributed by atoms with E-state index in [1.54, 1.807) is 0 Å².